The van der Waals surface area contributed by atoms with Gasteiger partial charge in [0.1, 0.15) is 5.82 Å². The molecule has 162 valence electrons. The summed E-state index contributed by atoms with van der Waals surface area (Å²) in [6, 6.07) is 1.44. The Morgan fingerprint density at radius 2 is 1.39 bits per heavy atom. The fourth-order valence-electron chi connectivity index (χ4n) is 3.46. The molecular weight excluding hydrogens is 369 g/mol. The first-order valence-electron chi connectivity index (χ1n) is 10.5. The minimum absolute atomic E-state index is 0.0854. The molecule has 0 aliphatic heterocycles. The molecule has 0 spiro atoms. The first-order chi connectivity index (χ1) is 13.4. The zero-order chi connectivity index (χ0) is 21.0. The summed E-state index contributed by atoms with van der Waals surface area (Å²) in [6.45, 7) is 6.23. The number of unbranched alkanes of at least 4 members (excludes halogenated alkanes) is 5. The van der Waals surface area contributed by atoms with Crippen molar-refractivity contribution in [1.82, 2.24) is 0 Å². The van der Waals surface area contributed by atoms with Gasteiger partial charge in [0.2, 0.25) is 0 Å². The first-order valence-corrected chi connectivity index (χ1v) is 10.5. The van der Waals surface area contributed by atoms with Crippen molar-refractivity contribution < 1.29 is 27.8 Å². The predicted molar refractivity (Wildman–Crippen MR) is 104 cm³/mol. The zero-order valence-electron chi connectivity index (χ0n) is 17.4. The second-order valence-electron chi connectivity index (χ2n) is 7.15. The lowest BCUT2D eigenvalue weighted by atomic mass is 9.91. The predicted octanol–water partition coefficient (Wildman–Crippen LogP) is 6.12. The van der Waals surface area contributed by atoms with E-state index in [4.69, 9.17) is 9.47 Å². The van der Waals surface area contributed by atoms with E-state index in [0.29, 0.717) is 18.9 Å². The Kier molecular flexibility index (Phi) is 11.7. The SMILES string of the molecule is CCCCCCCCC(CCc1cc(F)c(F)cc1F)C(O)(OCC)OCC. The maximum Gasteiger partial charge on any atom is 0.283 e. The normalized spacial score (nSPS) is 13.1. The highest BCUT2D eigenvalue weighted by Gasteiger charge is 2.38. The van der Waals surface area contributed by atoms with Crippen LogP contribution in [-0.4, -0.2) is 24.3 Å². The van der Waals surface area contributed by atoms with Crippen LogP contribution in [0.1, 0.15) is 77.7 Å². The first kappa shape index (κ1) is 24.9. The average Bonchev–Trinajstić information content (AvgIpc) is 2.64. The van der Waals surface area contributed by atoms with E-state index >= 15 is 0 Å². The molecule has 6 heteroatoms. The van der Waals surface area contributed by atoms with Gasteiger partial charge >= 0.3 is 0 Å². The number of halogens is 3. The molecule has 1 atom stereocenters. The van der Waals surface area contributed by atoms with Crippen molar-refractivity contribution in [3.8, 4) is 0 Å². The lowest BCUT2D eigenvalue weighted by Gasteiger charge is -2.35. The number of benzene rings is 1. The summed E-state index contributed by atoms with van der Waals surface area (Å²) in [4.78, 5) is 0. The van der Waals surface area contributed by atoms with Crippen LogP contribution in [-0.2, 0) is 15.9 Å². The van der Waals surface area contributed by atoms with Crippen molar-refractivity contribution in [1.29, 1.82) is 0 Å². The summed E-state index contributed by atoms with van der Waals surface area (Å²) < 4.78 is 51.6. The summed E-state index contributed by atoms with van der Waals surface area (Å²) in [5, 5.41) is 10.9. The molecule has 1 N–H and O–H groups in total. The lowest BCUT2D eigenvalue weighted by molar-refractivity contribution is -0.385. The number of ether oxygens (including phenoxy) is 2. The second-order valence-corrected chi connectivity index (χ2v) is 7.15. The van der Waals surface area contributed by atoms with Gasteiger partial charge in [-0.05, 0) is 44.7 Å². The van der Waals surface area contributed by atoms with Crippen LogP contribution in [0.2, 0.25) is 0 Å². The van der Waals surface area contributed by atoms with Gasteiger partial charge < -0.3 is 14.6 Å². The molecule has 0 heterocycles. The van der Waals surface area contributed by atoms with Crippen LogP contribution in [0.25, 0.3) is 0 Å². The molecule has 1 rings (SSSR count). The van der Waals surface area contributed by atoms with Crippen molar-refractivity contribution in [2.24, 2.45) is 5.92 Å². The van der Waals surface area contributed by atoms with Crippen molar-refractivity contribution in [3.63, 3.8) is 0 Å². The summed E-state index contributed by atoms with van der Waals surface area (Å²) in [7, 11) is 0. The third-order valence-electron chi connectivity index (χ3n) is 4.98. The monoisotopic (exact) mass is 404 g/mol. The fraction of sp³-hybridized carbons (Fsp3) is 0.727. The van der Waals surface area contributed by atoms with Crippen molar-refractivity contribution >= 4 is 0 Å². The second kappa shape index (κ2) is 13.2. The highest BCUT2D eigenvalue weighted by Crippen LogP contribution is 2.31. The maximum atomic E-state index is 14.0. The van der Waals surface area contributed by atoms with Gasteiger partial charge in [-0.2, -0.15) is 0 Å². The van der Waals surface area contributed by atoms with Gasteiger partial charge in [0.25, 0.3) is 5.97 Å². The number of hydrogen-bond donors (Lipinski definition) is 1. The van der Waals surface area contributed by atoms with Gasteiger partial charge in [0.15, 0.2) is 11.6 Å². The van der Waals surface area contributed by atoms with Crippen molar-refractivity contribution in [2.75, 3.05) is 13.2 Å². The lowest BCUT2D eigenvalue weighted by Crippen LogP contribution is -2.44. The topological polar surface area (TPSA) is 38.7 Å². The molecule has 0 aliphatic carbocycles. The van der Waals surface area contributed by atoms with E-state index in [1.54, 1.807) is 13.8 Å². The summed E-state index contributed by atoms with van der Waals surface area (Å²) in [6.07, 6.45) is 7.76. The largest absolute Gasteiger partial charge is 0.343 e. The fourth-order valence-corrected chi connectivity index (χ4v) is 3.46. The number of rotatable bonds is 15. The Bertz CT molecular complexity index is 560. The van der Waals surface area contributed by atoms with Crippen LogP contribution in [0.4, 0.5) is 13.2 Å². The summed E-state index contributed by atoms with van der Waals surface area (Å²) in [5.41, 5.74) is 0.0854. The highest BCUT2D eigenvalue weighted by atomic mass is 19.2. The highest BCUT2D eigenvalue weighted by molar-refractivity contribution is 5.20. The van der Waals surface area contributed by atoms with Crippen LogP contribution in [0, 0.1) is 23.4 Å². The Labute approximate surface area is 167 Å². The molecule has 1 aromatic carbocycles. The quantitative estimate of drug-likeness (QED) is 0.217. The van der Waals surface area contributed by atoms with Gasteiger partial charge in [0.05, 0.1) is 0 Å². The molecule has 0 saturated carbocycles. The molecule has 3 nitrogen and oxygen atoms in total. The Morgan fingerprint density at radius 3 is 2.00 bits per heavy atom. The van der Waals surface area contributed by atoms with Crippen LogP contribution in [0.5, 0.6) is 0 Å². The van der Waals surface area contributed by atoms with E-state index in [1.807, 2.05) is 0 Å². The molecule has 1 aromatic rings. The molecule has 0 saturated heterocycles. The van der Waals surface area contributed by atoms with Crippen LogP contribution in [0.3, 0.4) is 0 Å². The molecular formula is C22H35F3O3. The number of aryl methyl sites for hydroxylation is 1. The Morgan fingerprint density at radius 1 is 0.821 bits per heavy atom. The molecule has 0 aromatic heterocycles. The number of aliphatic hydroxyl groups is 1. The Balaban J connectivity index is 2.80. The standard InChI is InChI=1S/C22H35F3O3/c1-4-7-8-9-10-11-12-18(22(26,27-5-2)28-6-3)14-13-17-15-20(24)21(25)16-19(17)23/h15-16,18,26H,4-14H2,1-3H3. The van der Waals surface area contributed by atoms with E-state index in [-0.39, 0.29) is 25.2 Å². The summed E-state index contributed by atoms with van der Waals surface area (Å²) >= 11 is 0. The molecule has 0 fully saturated rings. The van der Waals surface area contributed by atoms with Crippen molar-refractivity contribution in [3.05, 3.63) is 35.1 Å². The van der Waals surface area contributed by atoms with Gasteiger partial charge in [-0.1, -0.05) is 45.4 Å². The number of hydrogen-bond acceptors (Lipinski definition) is 3. The smallest absolute Gasteiger partial charge is 0.283 e. The minimum atomic E-state index is -1.76. The van der Waals surface area contributed by atoms with Gasteiger partial charge in [-0.25, -0.2) is 13.2 Å². The molecule has 1 unspecified atom stereocenters. The third-order valence-corrected chi connectivity index (χ3v) is 4.98. The Hall–Kier alpha value is -1.11. The third kappa shape index (κ3) is 8.10. The molecule has 0 amide bonds. The van der Waals surface area contributed by atoms with E-state index in [1.165, 1.54) is 19.3 Å². The van der Waals surface area contributed by atoms with Gasteiger partial charge in [-0.3, -0.25) is 0 Å². The van der Waals surface area contributed by atoms with E-state index in [9.17, 15) is 18.3 Å². The minimum Gasteiger partial charge on any atom is -0.343 e. The van der Waals surface area contributed by atoms with Crippen LogP contribution in [0.15, 0.2) is 12.1 Å². The molecule has 0 aliphatic rings. The molecule has 0 bridgehead atoms. The zero-order valence-corrected chi connectivity index (χ0v) is 17.4. The van der Waals surface area contributed by atoms with Crippen LogP contribution < -0.4 is 0 Å². The molecule has 0 radical (unpaired) electrons. The average molecular weight is 405 g/mol. The molecule has 28 heavy (non-hydrogen) atoms. The van der Waals surface area contributed by atoms with Crippen molar-refractivity contribution in [2.45, 2.75) is 84.5 Å². The van der Waals surface area contributed by atoms with E-state index in [2.05, 4.69) is 6.92 Å². The van der Waals surface area contributed by atoms with E-state index < -0.39 is 29.3 Å². The van der Waals surface area contributed by atoms with Gasteiger partial charge in [-0.15, -0.1) is 0 Å². The maximum absolute atomic E-state index is 14.0. The van der Waals surface area contributed by atoms with Crippen LogP contribution >= 0.6 is 0 Å². The van der Waals surface area contributed by atoms with E-state index in [0.717, 1.165) is 25.3 Å². The summed E-state index contributed by atoms with van der Waals surface area (Å²) in [5.74, 6) is -5.22. The van der Waals surface area contributed by atoms with Gasteiger partial charge in [0, 0.05) is 25.2 Å².